The van der Waals surface area contributed by atoms with Crippen molar-refractivity contribution < 1.29 is 4.79 Å². The van der Waals surface area contributed by atoms with Gasteiger partial charge in [0.1, 0.15) is 0 Å². The van der Waals surface area contributed by atoms with E-state index in [2.05, 4.69) is 11.4 Å². The molecule has 0 bridgehead atoms. The SMILES string of the molecule is CC(C#N)CNC(=O)C1CCCCC1N. The maximum Gasteiger partial charge on any atom is 0.224 e. The predicted molar refractivity (Wildman–Crippen MR) is 57.7 cm³/mol. The normalized spacial score (nSPS) is 27.8. The van der Waals surface area contributed by atoms with E-state index in [0.29, 0.717) is 6.54 Å². The van der Waals surface area contributed by atoms with Crippen LogP contribution in [-0.2, 0) is 4.79 Å². The summed E-state index contributed by atoms with van der Waals surface area (Å²) in [4.78, 5) is 11.7. The number of carbonyl (C=O) groups excluding carboxylic acids is 1. The van der Waals surface area contributed by atoms with E-state index >= 15 is 0 Å². The second-order valence-corrected chi connectivity index (χ2v) is 4.33. The highest BCUT2D eigenvalue weighted by atomic mass is 16.1. The van der Waals surface area contributed by atoms with Gasteiger partial charge >= 0.3 is 0 Å². The molecule has 0 aliphatic heterocycles. The number of nitrogens with two attached hydrogens (primary N) is 1. The standard InChI is InChI=1S/C11H19N3O/c1-8(6-12)7-14-11(15)9-4-2-3-5-10(9)13/h8-10H,2-5,7,13H2,1H3,(H,14,15). The van der Waals surface area contributed by atoms with Crippen LogP contribution in [0, 0.1) is 23.2 Å². The zero-order valence-electron chi connectivity index (χ0n) is 9.20. The molecule has 84 valence electrons. The van der Waals surface area contributed by atoms with E-state index in [4.69, 9.17) is 11.0 Å². The van der Waals surface area contributed by atoms with Gasteiger partial charge in [-0.25, -0.2) is 0 Å². The smallest absolute Gasteiger partial charge is 0.224 e. The summed E-state index contributed by atoms with van der Waals surface area (Å²) in [6.07, 6.45) is 4.03. The number of nitrogens with zero attached hydrogens (tertiary/aromatic N) is 1. The van der Waals surface area contributed by atoms with Crippen molar-refractivity contribution in [3.8, 4) is 6.07 Å². The Morgan fingerprint density at radius 3 is 2.87 bits per heavy atom. The summed E-state index contributed by atoms with van der Waals surface area (Å²) in [7, 11) is 0. The third-order valence-corrected chi connectivity index (χ3v) is 2.96. The van der Waals surface area contributed by atoms with Crippen molar-refractivity contribution in [2.24, 2.45) is 17.6 Å². The number of hydrogen-bond acceptors (Lipinski definition) is 3. The summed E-state index contributed by atoms with van der Waals surface area (Å²) >= 11 is 0. The maximum absolute atomic E-state index is 11.7. The average molecular weight is 209 g/mol. The molecule has 3 atom stereocenters. The van der Waals surface area contributed by atoms with E-state index in [1.54, 1.807) is 6.92 Å². The first-order valence-electron chi connectivity index (χ1n) is 5.58. The zero-order chi connectivity index (χ0) is 11.3. The largest absolute Gasteiger partial charge is 0.355 e. The highest BCUT2D eigenvalue weighted by Crippen LogP contribution is 2.22. The maximum atomic E-state index is 11.7. The molecule has 1 saturated carbocycles. The van der Waals surface area contributed by atoms with Crippen LogP contribution in [0.15, 0.2) is 0 Å². The molecule has 0 radical (unpaired) electrons. The van der Waals surface area contributed by atoms with Gasteiger partial charge in [-0.3, -0.25) is 4.79 Å². The molecule has 1 amide bonds. The monoisotopic (exact) mass is 209 g/mol. The van der Waals surface area contributed by atoms with Gasteiger partial charge in [0.25, 0.3) is 0 Å². The van der Waals surface area contributed by atoms with Gasteiger partial charge in [-0.2, -0.15) is 5.26 Å². The summed E-state index contributed by atoms with van der Waals surface area (Å²) in [5.41, 5.74) is 5.89. The van der Waals surface area contributed by atoms with E-state index in [1.807, 2.05) is 0 Å². The molecular formula is C11H19N3O. The van der Waals surface area contributed by atoms with Crippen molar-refractivity contribution >= 4 is 5.91 Å². The topological polar surface area (TPSA) is 78.9 Å². The first kappa shape index (κ1) is 12.0. The fourth-order valence-electron chi connectivity index (χ4n) is 1.92. The molecular weight excluding hydrogens is 190 g/mol. The Balaban J connectivity index is 2.36. The third-order valence-electron chi connectivity index (χ3n) is 2.96. The first-order valence-corrected chi connectivity index (χ1v) is 5.58. The molecule has 0 aromatic rings. The Morgan fingerprint density at radius 2 is 2.27 bits per heavy atom. The highest BCUT2D eigenvalue weighted by Gasteiger charge is 2.27. The van der Waals surface area contributed by atoms with E-state index in [1.165, 1.54) is 0 Å². The third kappa shape index (κ3) is 3.52. The molecule has 1 aliphatic carbocycles. The van der Waals surface area contributed by atoms with Crippen LogP contribution in [-0.4, -0.2) is 18.5 Å². The number of amides is 1. The van der Waals surface area contributed by atoms with Crippen LogP contribution in [0.5, 0.6) is 0 Å². The lowest BCUT2D eigenvalue weighted by Crippen LogP contribution is -2.44. The van der Waals surface area contributed by atoms with E-state index in [-0.39, 0.29) is 23.8 Å². The second kappa shape index (κ2) is 5.72. The molecule has 1 rings (SSSR count). The van der Waals surface area contributed by atoms with Crippen molar-refractivity contribution in [2.45, 2.75) is 38.6 Å². The molecule has 4 heteroatoms. The molecule has 0 spiro atoms. The Bertz CT molecular complexity index is 259. The van der Waals surface area contributed by atoms with Crippen LogP contribution in [0.3, 0.4) is 0 Å². The van der Waals surface area contributed by atoms with Gasteiger partial charge < -0.3 is 11.1 Å². The van der Waals surface area contributed by atoms with E-state index in [0.717, 1.165) is 25.7 Å². The van der Waals surface area contributed by atoms with Crippen LogP contribution >= 0.6 is 0 Å². The van der Waals surface area contributed by atoms with Crippen molar-refractivity contribution in [3.05, 3.63) is 0 Å². The summed E-state index contributed by atoms with van der Waals surface area (Å²) < 4.78 is 0. The minimum atomic E-state index is -0.131. The Kier molecular flexibility index (Phi) is 4.57. The fraction of sp³-hybridized carbons (Fsp3) is 0.818. The van der Waals surface area contributed by atoms with Crippen molar-refractivity contribution in [1.29, 1.82) is 5.26 Å². The number of nitrogens with one attached hydrogen (secondary N) is 1. The molecule has 4 nitrogen and oxygen atoms in total. The molecule has 0 heterocycles. The predicted octanol–water partition coefficient (Wildman–Crippen LogP) is 0.780. The van der Waals surface area contributed by atoms with Gasteiger partial charge in [-0.1, -0.05) is 12.8 Å². The van der Waals surface area contributed by atoms with Gasteiger partial charge in [-0.05, 0) is 19.8 Å². The summed E-state index contributed by atoms with van der Waals surface area (Å²) in [6, 6.07) is 2.08. The lowest BCUT2D eigenvalue weighted by atomic mass is 9.84. The molecule has 0 aromatic heterocycles. The molecule has 3 N–H and O–H groups in total. The number of carbonyl (C=O) groups is 1. The fourth-order valence-corrected chi connectivity index (χ4v) is 1.92. The quantitative estimate of drug-likeness (QED) is 0.721. The Labute approximate surface area is 90.8 Å². The number of rotatable bonds is 3. The number of nitriles is 1. The second-order valence-electron chi connectivity index (χ2n) is 4.33. The minimum absolute atomic E-state index is 0.00357. The lowest BCUT2D eigenvalue weighted by molar-refractivity contribution is -0.126. The van der Waals surface area contributed by atoms with Gasteiger partial charge in [0.15, 0.2) is 0 Å². The molecule has 15 heavy (non-hydrogen) atoms. The molecule has 1 fully saturated rings. The first-order chi connectivity index (χ1) is 7.15. The van der Waals surface area contributed by atoms with Crippen LogP contribution in [0.2, 0.25) is 0 Å². The van der Waals surface area contributed by atoms with Crippen LogP contribution in [0.4, 0.5) is 0 Å². The van der Waals surface area contributed by atoms with Crippen molar-refractivity contribution in [2.75, 3.05) is 6.54 Å². The van der Waals surface area contributed by atoms with Gasteiger partial charge in [0, 0.05) is 12.6 Å². The van der Waals surface area contributed by atoms with Crippen LogP contribution < -0.4 is 11.1 Å². The van der Waals surface area contributed by atoms with Crippen molar-refractivity contribution in [1.82, 2.24) is 5.32 Å². The van der Waals surface area contributed by atoms with Gasteiger partial charge in [0.2, 0.25) is 5.91 Å². The van der Waals surface area contributed by atoms with E-state index in [9.17, 15) is 4.79 Å². The van der Waals surface area contributed by atoms with Gasteiger partial charge in [-0.15, -0.1) is 0 Å². The highest BCUT2D eigenvalue weighted by molar-refractivity contribution is 5.79. The van der Waals surface area contributed by atoms with Gasteiger partial charge in [0.05, 0.1) is 17.9 Å². The zero-order valence-corrected chi connectivity index (χ0v) is 9.20. The Morgan fingerprint density at radius 1 is 1.60 bits per heavy atom. The van der Waals surface area contributed by atoms with E-state index < -0.39 is 0 Å². The molecule has 3 unspecified atom stereocenters. The Hall–Kier alpha value is -1.08. The summed E-state index contributed by atoms with van der Waals surface area (Å²) in [5.74, 6) is -0.164. The number of hydrogen-bond donors (Lipinski definition) is 2. The van der Waals surface area contributed by atoms with Crippen molar-refractivity contribution in [3.63, 3.8) is 0 Å². The average Bonchev–Trinajstić information content (AvgIpc) is 2.26. The molecule has 0 aromatic carbocycles. The molecule has 1 aliphatic rings. The lowest BCUT2D eigenvalue weighted by Gasteiger charge is -2.27. The van der Waals surface area contributed by atoms with Crippen LogP contribution in [0.25, 0.3) is 0 Å². The van der Waals surface area contributed by atoms with Crippen LogP contribution in [0.1, 0.15) is 32.6 Å². The molecule has 0 saturated heterocycles. The minimum Gasteiger partial charge on any atom is -0.355 e. The summed E-state index contributed by atoms with van der Waals surface area (Å²) in [5, 5.41) is 11.4. The summed E-state index contributed by atoms with van der Waals surface area (Å²) in [6.45, 7) is 2.22.